The van der Waals surface area contributed by atoms with Gasteiger partial charge in [-0.1, -0.05) is 36.4 Å². The molecule has 0 saturated heterocycles. The normalized spacial score (nSPS) is 10.2. The summed E-state index contributed by atoms with van der Waals surface area (Å²) in [5.41, 5.74) is 8.20. The van der Waals surface area contributed by atoms with Crippen LogP contribution in [0.2, 0.25) is 0 Å². The lowest BCUT2D eigenvalue weighted by Crippen LogP contribution is -2.43. The van der Waals surface area contributed by atoms with Gasteiger partial charge < -0.3 is 9.47 Å². The monoisotopic (exact) mass is 404 g/mol. The van der Waals surface area contributed by atoms with Crippen LogP contribution in [0, 0.1) is 13.8 Å². The van der Waals surface area contributed by atoms with Crippen molar-refractivity contribution in [2.24, 2.45) is 0 Å². The molecule has 6 nitrogen and oxygen atoms in total. The summed E-state index contributed by atoms with van der Waals surface area (Å²) in [6, 6.07) is 22.2. The predicted octanol–water partition coefficient (Wildman–Crippen LogP) is 3.72. The van der Waals surface area contributed by atoms with Crippen molar-refractivity contribution in [2.75, 3.05) is 6.61 Å². The molecule has 3 aromatic rings. The van der Waals surface area contributed by atoms with Crippen molar-refractivity contribution in [1.29, 1.82) is 0 Å². The minimum Gasteiger partial charge on any atom is -0.489 e. The van der Waals surface area contributed by atoms with E-state index in [1.165, 1.54) is 0 Å². The summed E-state index contributed by atoms with van der Waals surface area (Å²) in [5, 5.41) is 0. The quantitative estimate of drug-likeness (QED) is 0.589. The van der Waals surface area contributed by atoms with Crippen LogP contribution < -0.4 is 20.3 Å². The summed E-state index contributed by atoms with van der Waals surface area (Å²) in [4.78, 5) is 24.1. The van der Waals surface area contributed by atoms with Crippen LogP contribution in [-0.2, 0) is 11.4 Å². The maximum atomic E-state index is 12.2. The van der Waals surface area contributed by atoms with Gasteiger partial charge in [-0.25, -0.2) is 0 Å². The zero-order chi connectivity index (χ0) is 21.3. The molecule has 0 atom stereocenters. The molecule has 0 spiro atoms. The first kappa shape index (κ1) is 20.9. The Labute approximate surface area is 175 Å². The highest BCUT2D eigenvalue weighted by atomic mass is 16.5. The van der Waals surface area contributed by atoms with Gasteiger partial charge in [0.2, 0.25) is 0 Å². The minimum absolute atomic E-state index is 0.196. The summed E-state index contributed by atoms with van der Waals surface area (Å²) in [6.45, 7) is 4.12. The molecule has 30 heavy (non-hydrogen) atoms. The van der Waals surface area contributed by atoms with Crippen molar-refractivity contribution in [2.45, 2.75) is 20.5 Å². The molecule has 3 aromatic carbocycles. The number of hydrogen-bond donors (Lipinski definition) is 2. The van der Waals surface area contributed by atoms with Crippen molar-refractivity contribution in [3.8, 4) is 11.5 Å². The van der Waals surface area contributed by atoms with E-state index in [1.807, 2.05) is 74.5 Å². The maximum absolute atomic E-state index is 12.2. The van der Waals surface area contributed by atoms with Gasteiger partial charge in [0, 0.05) is 5.56 Å². The molecule has 0 aliphatic carbocycles. The molecular weight excluding hydrogens is 380 g/mol. The third-order valence-electron chi connectivity index (χ3n) is 4.25. The molecule has 6 heteroatoms. The van der Waals surface area contributed by atoms with Crippen LogP contribution in [0.1, 0.15) is 27.0 Å². The fourth-order valence-electron chi connectivity index (χ4n) is 2.84. The minimum atomic E-state index is -0.449. The highest BCUT2D eigenvalue weighted by molar-refractivity contribution is 5.95. The SMILES string of the molecule is Cc1cc(C)cc(OCC(=O)NNC(=O)c2ccc(COc3ccccc3)cc2)c1. The van der Waals surface area contributed by atoms with Gasteiger partial charge >= 0.3 is 0 Å². The maximum Gasteiger partial charge on any atom is 0.276 e. The second-order valence-corrected chi connectivity index (χ2v) is 6.91. The summed E-state index contributed by atoms with van der Waals surface area (Å²) in [6.07, 6.45) is 0. The number of carbonyl (C=O) groups is 2. The van der Waals surface area contributed by atoms with E-state index in [4.69, 9.17) is 9.47 Å². The number of hydrazine groups is 1. The Balaban J connectivity index is 1.43. The zero-order valence-electron chi connectivity index (χ0n) is 17.0. The van der Waals surface area contributed by atoms with E-state index in [0.717, 1.165) is 22.4 Å². The molecular formula is C24H24N2O4. The number of aryl methyl sites for hydroxylation is 2. The number of para-hydroxylation sites is 1. The van der Waals surface area contributed by atoms with Gasteiger partial charge in [-0.15, -0.1) is 0 Å². The molecule has 0 aromatic heterocycles. The second-order valence-electron chi connectivity index (χ2n) is 6.91. The largest absolute Gasteiger partial charge is 0.489 e. The van der Waals surface area contributed by atoms with E-state index in [2.05, 4.69) is 10.9 Å². The van der Waals surface area contributed by atoms with Gasteiger partial charge in [-0.3, -0.25) is 20.4 Å². The Morgan fingerprint density at radius 2 is 1.43 bits per heavy atom. The van der Waals surface area contributed by atoms with Crippen molar-refractivity contribution in [3.63, 3.8) is 0 Å². The van der Waals surface area contributed by atoms with Gasteiger partial charge in [-0.05, 0) is 66.9 Å². The average Bonchev–Trinajstić information content (AvgIpc) is 2.75. The molecule has 154 valence electrons. The molecule has 0 unspecified atom stereocenters. The predicted molar refractivity (Wildman–Crippen MR) is 114 cm³/mol. The fourth-order valence-corrected chi connectivity index (χ4v) is 2.84. The van der Waals surface area contributed by atoms with Gasteiger partial charge in [-0.2, -0.15) is 0 Å². The van der Waals surface area contributed by atoms with Crippen molar-refractivity contribution < 1.29 is 19.1 Å². The highest BCUT2D eigenvalue weighted by Crippen LogP contribution is 2.16. The number of ether oxygens (including phenoxy) is 2. The first-order chi connectivity index (χ1) is 14.5. The highest BCUT2D eigenvalue weighted by Gasteiger charge is 2.08. The second kappa shape index (κ2) is 10.1. The third kappa shape index (κ3) is 6.38. The van der Waals surface area contributed by atoms with Crippen LogP contribution in [0.25, 0.3) is 0 Å². The fraction of sp³-hybridized carbons (Fsp3) is 0.167. The number of hydrogen-bond acceptors (Lipinski definition) is 4. The smallest absolute Gasteiger partial charge is 0.276 e. The molecule has 0 aliphatic rings. The Hall–Kier alpha value is -3.80. The Kier molecular flexibility index (Phi) is 7.05. The summed E-state index contributed by atoms with van der Waals surface area (Å²) in [7, 11) is 0. The topological polar surface area (TPSA) is 76.7 Å². The number of nitrogens with one attached hydrogen (secondary N) is 2. The van der Waals surface area contributed by atoms with Gasteiger partial charge in [0.05, 0.1) is 0 Å². The molecule has 2 amide bonds. The van der Waals surface area contributed by atoms with Crippen LogP contribution in [0.4, 0.5) is 0 Å². The lowest BCUT2D eigenvalue weighted by Gasteiger charge is -2.10. The zero-order valence-corrected chi connectivity index (χ0v) is 17.0. The first-order valence-electron chi connectivity index (χ1n) is 9.57. The van der Waals surface area contributed by atoms with Crippen LogP contribution >= 0.6 is 0 Å². The van der Waals surface area contributed by atoms with E-state index in [1.54, 1.807) is 12.1 Å². The Bertz CT molecular complexity index is 981. The van der Waals surface area contributed by atoms with Crippen molar-refractivity contribution in [1.82, 2.24) is 10.9 Å². The first-order valence-corrected chi connectivity index (χ1v) is 9.57. The van der Waals surface area contributed by atoms with Crippen LogP contribution in [0.5, 0.6) is 11.5 Å². The molecule has 0 saturated carbocycles. The molecule has 0 heterocycles. The number of benzene rings is 3. The average molecular weight is 404 g/mol. The number of amides is 2. The molecule has 3 rings (SSSR count). The van der Waals surface area contributed by atoms with Gasteiger partial charge in [0.15, 0.2) is 6.61 Å². The van der Waals surface area contributed by atoms with Gasteiger partial charge in [0.25, 0.3) is 11.8 Å². The van der Waals surface area contributed by atoms with E-state index < -0.39 is 11.8 Å². The molecule has 2 N–H and O–H groups in total. The van der Waals surface area contributed by atoms with E-state index in [9.17, 15) is 9.59 Å². The van der Waals surface area contributed by atoms with E-state index >= 15 is 0 Å². The molecule has 0 fully saturated rings. The van der Waals surface area contributed by atoms with Crippen molar-refractivity contribution in [3.05, 3.63) is 95.1 Å². The molecule has 0 radical (unpaired) electrons. The standard InChI is InChI=1S/C24H24N2O4/c1-17-12-18(2)14-22(13-17)30-16-23(27)25-26-24(28)20-10-8-19(9-11-20)15-29-21-6-4-3-5-7-21/h3-14H,15-16H2,1-2H3,(H,25,27)(H,26,28). The summed E-state index contributed by atoms with van der Waals surface area (Å²) >= 11 is 0. The lowest BCUT2D eigenvalue weighted by molar-refractivity contribution is -0.123. The van der Waals surface area contributed by atoms with E-state index in [0.29, 0.717) is 17.9 Å². The Morgan fingerprint density at radius 3 is 2.10 bits per heavy atom. The van der Waals surface area contributed by atoms with Gasteiger partial charge in [0.1, 0.15) is 18.1 Å². The van der Waals surface area contributed by atoms with Crippen LogP contribution in [-0.4, -0.2) is 18.4 Å². The number of rotatable bonds is 7. The third-order valence-corrected chi connectivity index (χ3v) is 4.25. The van der Waals surface area contributed by atoms with Crippen LogP contribution in [0.15, 0.2) is 72.8 Å². The molecule has 0 aliphatic heterocycles. The Morgan fingerprint density at radius 1 is 0.767 bits per heavy atom. The van der Waals surface area contributed by atoms with E-state index in [-0.39, 0.29) is 6.61 Å². The number of carbonyl (C=O) groups excluding carboxylic acids is 2. The van der Waals surface area contributed by atoms with Crippen molar-refractivity contribution >= 4 is 11.8 Å². The lowest BCUT2D eigenvalue weighted by atomic mass is 10.1. The molecule has 0 bridgehead atoms. The van der Waals surface area contributed by atoms with Crippen LogP contribution in [0.3, 0.4) is 0 Å². The summed E-state index contributed by atoms with van der Waals surface area (Å²) in [5.74, 6) is 0.535. The summed E-state index contributed by atoms with van der Waals surface area (Å²) < 4.78 is 11.1.